The van der Waals surface area contributed by atoms with Crippen molar-refractivity contribution in [3.8, 4) is 0 Å². The number of alkyl halides is 2. The Morgan fingerprint density at radius 3 is 1.32 bits per heavy atom. The van der Waals surface area contributed by atoms with Gasteiger partial charge in [-0.15, -0.1) is 23.2 Å². The van der Waals surface area contributed by atoms with Gasteiger partial charge in [0.1, 0.15) is 9.42 Å². The Balaban J connectivity index is 4.83. The smallest absolute Gasteiger partial charge is 0.305 e. The highest BCUT2D eigenvalue weighted by molar-refractivity contribution is 7.94. The number of halogens is 2. The topological polar surface area (TPSA) is 163 Å². The van der Waals surface area contributed by atoms with Crippen molar-refractivity contribution in [2.24, 2.45) is 0 Å². The van der Waals surface area contributed by atoms with Crippen molar-refractivity contribution in [1.29, 1.82) is 0 Å². The molecule has 9 nitrogen and oxygen atoms in total. The molecule has 0 aromatic carbocycles. The molecule has 0 spiro atoms. The number of hydrogen-bond acceptors (Lipinski definition) is 7. The molecule has 2 unspecified atom stereocenters. The van der Waals surface area contributed by atoms with E-state index >= 15 is 0 Å². The quantitative estimate of drug-likeness (QED) is 0.400. The number of aliphatic carboxylic acids is 2. The number of aliphatic hydroxyl groups excluding tert-OH is 1. The van der Waals surface area contributed by atoms with Crippen LogP contribution in [0.1, 0.15) is 12.8 Å². The molecule has 0 radical (unpaired) electrons. The molecule has 2 atom stereocenters. The third kappa shape index (κ3) is 7.58. The van der Waals surface area contributed by atoms with E-state index in [9.17, 15) is 31.5 Å². The Bertz CT molecular complexity index is 559. The lowest BCUT2D eigenvalue weighted by Crippen LogP contribution is -2.35. The maximum absolute atomic E-state index is 11.6. The SMILES string of the molecule is O=C(O)CC(Cl)S(=O)(=O)CC(O)CS(=O)(=O)C(Cl)CC(=O)O. The molecule has 130 valence electrons. The van der Waals surface area contributed by atoms with Crippen molar-refractivity contribution in [2.45, 2.75) is 28.4 Å². The van der Waals surface area contributed by atoms with Crippen molar-refractivity contribution in [1.82, 2.24) is 0 Å². The standard InChI is InChI=1S/C9H14Cl2O9S2/c10-6(1-8(13)14)21(17,18)3-5(12)4-22(19,20)7(11)2-9(15)16/h5-7,12H,1-4H2,(H,13,14)(H,15,16). The molecular formula is C9H14Cl2O9S2. The molecule has 0 aliphatic heterocycles. The molecule has 0 aliphatic rings. The third-order valence-electron chi connectivity index (χ3n) is 2.30. The van der Waals surface area contributed by atoms with E-state index in [4.69, 9.17) is 33.4 Å². The maximum Gasteiger partial charge on any atom is 0.305 e. The van der Waals surface area contributed by atoms with Crippen LogP contribution in [-0.4, -0.2) is 71.1 Å². The molecule has 0 aliphatic carbocycles. The molecule has 0 aromatic heterocycles. The molecule has 0 amide bonds. The fraction of sp³-hybridized carbons (Fsp3) is 0.778. The van der Waals surface area contributed by atoms with Gasteiger partial charge in [-0.25, -0.2) is 16.8 Å². The van der Waals surface area contributed by atoms with Crippen LogP contribution < -0.4 is 0 Å². The van der Waals surface area contributed by atoms with Crippen LogP contribution in [0.4, 0.5) is 0 Å². The van der Waals surface area contributed by atoms with E-state index in [2.05, 4.69) is 0 Å². The first-order valence-electron chi connectivity index (χ1n) is 5.61. The summed E-state index contributed by atoms with van der Waals surface area (Å²) in [6.07, 6.45) is -3.75. The zero-order valence-electron chi connectivity index (χ0n) is 10.9. The molecule has 22 heavy (non-hydrogen) atoms. The second-order valence-corrected chi connectivity index (χ2v) is 10.4. The van der Waals surface area contributed by atoms with Gasteiger partial charge in [0.25, 0.3) is 0 Å². The van der Waals surface area contributed by atoms with Gasteiger partial charge in [-0.3, -0.25) is 9.59 Å². The van der Waals surface area contributed by atoms with E-state index in [-0.39, 0.29) is 0 Å². The van der Waals surface area contributed by atoms with Gasteiger partial charge >= 0.3 is 11.9 Å². The summed E-state index contributed by atoms with van der Waals surface area (Å²) in [5.41, 5.74) is 0. The molecule has 13 heteroatoms. The minimum absolute atomic E-state index is 0.916. The maximum atomic E-state index is 11.6. The van der Waals surface area contributed by atoms with Crippen LogP contribution in [-0.2, 0) is 29.3 Å². The fourth-order valence-electron chi connectivity index (χ4n) is 1.32. The predicted molar refractivity (Wildman–Crippen MR) is 77.4 cm³/mol. The van der Waals surface area contributed by atoms with Crippen LogP contribution in [0.3, 0.4) is 0 Å². The molecule has 0 saturated carbocycles. The summed E-state index contributed by atoms with van der Waals surface area (Å²) in [5, 5.41) is 26.4. The number of sulfone groups is 2. The van der Waals surface area contributed by atoms with E-state index in [0.717, 1.165) is 0 Å². The predicted octanol–water partition coefficient (Wildman–Crippen LogP) is -0.744. The number of rotatable bonds is 10. The van der Waals surface area contributed by atoms with Crippen LogP contribution in [0.15, 0.2) is 0 Å². The van der Waals surface area contributed by atoms with Gasteiger partial charge in [-0.05, 0) is 0 Å². The van der Waals surface area contributed by atoms with E-state index in [1.54, 1.807) is 0 Å². The van der Waals surface area contributed by atoms with Gasteiger partial charge in [0.15, 0.2) is 19.7 Å². The Labute approximate surface area is 136 Å². The van der Waals surface area contributed by atoms with Gasteiger partial charge in [-0.2, -0.15) is 0 Å². The van der Waals surface area contributed by atoms with Crippen LogP contribution in [0.2, 0.25) is 0 Å². The summed E-state index contributed by atoms with van der Waals surface area (Å²) < 4.78 is 42.9. The first-order chi connectivity index (χ1) is 9.78. The number of carboxylic acids is 2. The molecular weight excluding hydrogens is 387 g/mol. The van der Waals surface area contributed by atoms with Gasteiger partial charge in [0, 0.05) is 0 Å². The minimum atomic E-state index is -4.26. The van der Waals surface area contributed by atoms with Crippen LogP contribution in [0.25, 0.3) is 0 Å². The number of aliphatic hydroxyl groups is 1. The average Bonchev–Trinajstić information content (AvgIpc) is 2.24. The molecule has 0 saturated heterocycles. The Kier molecular flexibility index (Phi) is 8.06. The average molecular weight is 401 g/mol. The number of hydrogen-bond donors (Lipinski definition) is 3. The molecule has 0 aromatic rings. The normalized spacial score (nSPS) is 16.7. The van der Waals surface area contributed by atoms with E-state index in [1.165, 1.54) is 0 Å². The largest absolute Gasteiger partial charge is 0.481 e. The first kappa shape index (κ1) is 21.4. The Morgan fingerprint density at radius 1 is 0.818 bits per heavy atom. The zero-order valence-corrected chi connectivity index (χ0v) is 14.1. The molecule has 0 fully saturated rings. The second kappa shape index (κ2) is 8.29. The van der Waals surface area contributed by atoms with Gasteiger partial charge in [0.2, 0.25) is 0 Å². The molecule has 0 bridgehead atoms. The van der Waals surface area contributed by atoms with Crippen LogP contribution in [0.5, 0.6) is 0 Å². The van der Waals surface area contributed by atoms with Crippen LogP contribution >= 0.6 is 23.2 Å². The summed E-state index contributed by atoms with van der Waals surface area (Å²) in [4.78, 5) is 20.8. The zero-order chi connectivity index (χ0) is 17.7. The van der Waals surface area contributed by atoms with Gasteiger partial charge < -0.3 is 15.3 Å². The van der Waals surface area contributed by atoms with Gasteiger partial charge in [-0.1, -0.05) is 0 Å². The molecule has 3 N–H and O–H groups in total. The highest BCUT2D eigenvalue weighted by Crippen LogP contribution is 2.17. The summed E-state index contributed by atoms with van der Waals surface area (Å²) >= 11 is 10.8. The monoisotopic (exact) mass is 400 g/mol. The highest BCUT2D eigenvalue weighted by atomic mass is 35.5. The second-order valence-electron chi connectivity index (χ2n) is 4.33. The minimum Gasteiger partial charge on any atom is -0.481 e. The first-order valence-corrected chi connectivity index (χ1v) is 9.91. The number of carbonyl (C=O) groups is 2. The van der Waals surface area contributed by atoms with Crippen molar-refractivity contribution < 1.29 is 41.7 Å². The van der Waals surface area contributed by atoms with Crippen molar-refractivity contribution in [3.05, 3.63) is 0 Å². The number of carboxylic acid groups (broad SMARTS) is 2. The Hall–Kier alpha value is -0.620. The lowest BCUT2D eigenvalue weighted by Gasteiger charge is -2.15. The van der Waals surface area contributed by atoms with Gasteiger partial charge in [0.05, 0.1) is 30.5 Å². The van der Waals surface area contributed by atoms with Crippen molar-refractivity contribution in [3.63, 3.8) is 0 Å². The molecule has 0 heterocycles. The summed E-state index contributed by atoms with van der Waals surface area (Å²) in [6.45, 7) is 0. The lowest BCUT2D eigenvalue weighted by atomic mass is 10.5. The molecule has 0 rings (SSSR count). The summed E-state index contributed by atoms with van der Waals surface area (Å²) in [6, 6.07) is 0. The lowest BCUT2D eigenvalue weighted by molar-refractivity contribution is -0.137. The Morgan fingerprint density at radius 2 is 1.09 bits per heavy atom. The van der Waals surface area contributed by atoms with E-state index in [1.807, 2.05) is 0 Å². The fourth-order valence-corrected chi connectivity index (χ4v) is 4.69. The third-order valence-corrected chi connectivity index (χ3v) is 7.83. The van der Waals surface area contributed by atoms with Crippen LogP contribution in [0, 0.1) is 0 Å². The summed E-state index contributed by atoms with van der Waals surface area (Å²) in [5.74, 6) is -5.14. The van der Waals surface area contributed by atoms with Crippen molar-refractivity contribution in [2.75, 3.05) is 11.5 Å². The van der Waals surface area contributed by atoms with Crippen molar-refractivity contribution >= 4 is 54.8 Å². The summed E-state index contributed by atoms with van der Waals surface area (Å²) in [7, 11) is -8.53. The van der Waals surface area contributed by atoms with E-state index < -0.39 is 71.5 Å². The van der Waals surface area contributed by atoms with E-state index in [0.29, 0.717) is 0 Å². The highest BCUT2D eigenvalue weighted by Gasteiger charge is 2.33.